The molecule has 0 amide bonds. The van der Waals surface area contributed by atoms with Gasteiger partial charge in [-0.1, -0.05) is 42.5 Å². The van der Waals surface area contributed by atoms with E-state index in [-0.39, 0.29) is 0 Å². The molecule has 3 aromatic rings. The van der Waals surface area contributed by atoms with E-state index >= 15 is 0 Å². The van der Waals surface area contributed by atoms with Crippen LogP contribution in [-0.4, -0.2) is 4.98 Å². The van der Waals surface area contributed by atoms with Crippen LogP contribution < -0.4 is 5.32 Å². The topological polar surface area (TPSA) is 24.9 Å². The van der Waals surface area contributed by atoms with E-state index in [0.717, 1.165) is 6.54 Å². The van der Waals surface area contributed by atoms with Crippen LogP contribution in [0.5, 0.6) is 0 Å². The highest BCUT2D eigenvalue weighted by Gasteiger charge is 2.05. The molecule has 0 aliphatic heterocycles. The molecule has 0 aliphatic rings. The van der Waals surface area contributed by atoms with Crippen LogP contribution in [0.25, 0.3) is 10.8 Å². The van der Waals surface area contributed by atoms with Gasteiger partial charge in [-0.05, 0) is 41.0 Å². The Labute approximate surface area is 119 Å². The zero-order valence-electron chi connectivity index (χ0n) is 11.6. The summed E-state index contributed by atoms with van der Waals surface area (Å²) in [6.07, 6.45) is 3.68. The molecule has 0 spiro atoms. The smallest absolute Gasteiger partial charge is 0.0296 e. The van der Waals surface area contributed by atoms with Gasteiger partial charge in [0.1, 0.15) is 0 Å². The predicted octanol–water partition coefficient (Wildman–Crippen LogP) is 4.09. The average molecular weight is 262 g/mol. The van der Waals surface area contributed by atoms with Gasteiger partial charge in [0.05, 0.1) is 0 Å². The number of rotatable bonds is 4. The molecule has 0 bridgehead atoms. The van der Waals surface area contributed by atoms with E-state index in [1.165, 1.54) is 21.9 Å². The van der Waals surface area contributed by atoms with Crippen molar-refractivity contribution in [3.8, 4) is 0 Å². The summed E-state index contributed by atoms with van der Waals surface area (Å²) < 4.78 is 0. The number of fused-ring (bicyclic) bond motifs is 1. The quantitative estimate of drug-likeness (QED) is 0.766. The predicted molar refractivity (Wildman–Crippen MR) is 83.4 cm³/mol. The lowest BCUT2D eigenvalue weighted by molar-refractivity contribution is 0.576. The van der Waals surface area contributed by atoms with Crippen LogP contribution >= 0.6 is 0 Å². The highest BCUT2D eigenvalue weighted by Crippen LogP contribution is 2.19. The van der Waals surface area contributed by atoms with Gasteiger partial charge < -0.3 is 5.32 Å². The van der Waals surface area contributed by atoms with Crippen molar-refractivity contribution in [3.05, 3.63) is 78.1 Å². The number of hydrogen-bond donors (Lipinski definition) is 1. The molecule has 0 aliphatic carbocycles. The molecule has 100 valence electrons. The maximum absolute atomic E-state index is 4.06. The minimum absolute atomic E-state index is 0.317. The molecule has 2 heteroatoms. The Kier molecular flexibility index (Phi) is 3.75. The van der Waals surface area contributed by atoms with Gasteiger partial charge in [0.15, 0.2) is 0 Å². The van der Waals surface area contributed by atoms with Crippen molar-refractivity contribution in [2.75, 3.05) is 0 Å². The molecule has 3 rings (SSSR count). The second-order valence-electron chi connectivity index (χ2n) is 5.02. The standard InChI is InChI=1S/C18H18N2/c1-14(15-9-11-19-12-10-15)20-13-17-7-4-6-16-5-2-3-8-18(16)17/h2-12,14,20H,13H2,1H3/t14-/m0/s1. The Balaban J connectivity index is 1.77. The summed E-state index contributed by atoms with van der Waals surface area (Å²) in [4.78, 5) is 4.06. The van der Waals surface area contributed by atoms with Crippen LogP contribution in [0, 0.1) is 0 Å². The highest BCUT2D eigenvalue weighted by molar-refractivity contribution is 5.85. The lowest BCUT2D eigenvalue weighted by Crippen LogP contribution is -2.18. The molecule has 2 aromatic carbocycles. The zero-order valence-corrected chi connectivity index (χ0v) is 11.6. The van der Waals surface area contributed by atoms with E-state index in [9.17, 15) is 0 Å². The average Bonchev–Trinajstić information content (AvgIpc) is 2.53. The fourth-order valence-electron chi connectivity index (χ4n) is 2.48. The van der Waals surface area contributed by atoms with E-state index in [0.29, 0.717) is 6.04 Å². The summed E-state index contributed by atoms with van der Waals surface area (Å²) in [6, 6.07) is 19.4. The van der Waals surface area contributed by atoms with Crippen LogP contribution in [-0.2, 0) is 6.54 Å². The van der Waals surface area contributed by atoms with Crippen LogP contribution in [0.2, 0.25) is 0 Å². The summed E-state index contributed by atoms with van der Waals surface area (Å²) in [5.74, 6) is 0. The van der Waals surface area contributed by atoms with Crippen LogP contribution in [0.1, 0.15) is 24.1 Å². The first kappa shape index (κ1) is 12.8. The summed E-state index contributed by atoms with van der Waals surface area (Å²) in [7, 11) is 0. The van der Waals surface area contributed by atoms with Crippen molar-refractivity contribution < 1.29 is 0 Å². The SMILES string of the molecule is C[C@H](NCc1cccc2ccccc12)c1ccncc1. The molecule has 0 radical (unpaired) electrons. The van der Waals surface area contributed by atoms with Crippen molar-refractivity contribution in [1.29, 1.82) is 0 Å². The number of benzene rings is 2. The third-order valence-electron chi connectivity index (χ3n) is 3.68. The van der Waals surface area contributed by atoms with E-state index in [2.05, 4.69) is 71.8 Å². The summed E-state index contributed by atoms with van der Waals surface area (Å²) in [5, 5.41) is 6.20. The minimum Gasteiger partial charge on any atom is -0.306 e. The molecule has 1 heterocycles. The lowest BCUT2D eigenvalue weighted by Gasteiger charge is -2.15. The van der Waals surface area contributed by atoms with Crippen molar-refractivity contribution in [2.24, 2.45) is 0 Å². The van der Waals surface area contributed by atoms with E-state index in [1.54, 1.807) is 0 Å². The summed E-state index contributed by atoms with van der Waals surface area (Å²) in [5.41, 5.74) is 2.60. The first-order valence-electron chi connectivity index (χ1n) is 6.94. The first-order valence-corrected chi connectivity index (χ1v) is 6.94. The molecule has 1 N–H and O–H groups in total. The fraction of sp³-hybridized carbons (Fsp3) is 0.167. The van der Waals surface area contributed by atoms with Crippen molar-refractivity contribution in [2.45, 2.75) is 19.5 Å². The number of pyridine rings is 1. The normalized spacial score (nSPS) is 12.4. The maximum Gasteiger partial charge on any atom is 0.0296 e. The van der Waals surface area contributed by atoms with Gasteiger partial charge in [-0.25, -0.2) is 0 Å². The summed E-state index contributed by atoms with van der Waals surface area (Å²) >= 11 is 0. The molecular weight excluding hydrogens is 244 g/mol. The minimum atomic E-state index is 0.317. The molecule has 2 nitrogen and oxygen atoms in total. The number of hydrogen-bond acceptors (Lipinski definition) is 2. The molecule has 0 unspecified atom stereocenters. The third-order valence-corrected chi connectivity index (χ3v) is 3.68. The number of nitrogens with zero attached hydrogens (tertiary/aromatic N) is 1. The van der Waals surface area contributed by atoms with Gasteiger partial charge in [-0.2, -0.15) is 0 Å². The van der Waals surface area contributed by atoms with Crippen LogP contribution in [0.4, 0.5) is 0 Å². The lowest BCUT2D eigenvalue weighted by atomic mass is 10.0. The van der Waals surface area contributed by atoms with Gasteiger partial charge in [0, 0.05) is 25.0 Å². The first-order chi connectivity index (χ1) is 9.84. The zero-order chi connectivity index (χ0) is 13.8. The second kappa shape index (κ2) is 5.85. The second-order valence-corrected chi connectivity index (χ2v) is 5.02. The fourth-order valence-corrected chi connectivity index (χ4v) is 2.48. The molecule has 1 atom stereocenters. The third kappa shape index (κ3) is 2.70. The molecule has 1 aromatic heterocycles. The van der Waals surface area contributed by atoms with Crippen molar-refractivity contribution >= 4 is 10.8 Å². The van der Waals surface area contributed by atoms with Crippen molar-refractivity contribution in [3.63, 3.8) is 0 Å². The van der Waals surface area contributed by atoms with Crippen LogP contribution in [0.3, 0.4) is 0 Å². The van der Waals surface area contributed by atoms with Gasteiger partial charge >= 0.3 is 0 Å². The van der Waals surface area contributed by atoms with E-state index in [1.807, 2.05) is 12.4 Å². The molecular formula is C18H18N2. The van der Waals surface area contributed by atoms with E-state index < -0.39 is 0 Å². The van der Waals surface area contributed by atoms with Gasteiger partial charge in [0.2, 0.25) is 0 Å². The van der Waals surface area contributed by atoms with Gasteiger partial charge in [-0.3, -0.25) is 4.98 Å². The molecule has 20 heavy (non-hydrogen) atoms. The number of nitrogens with one attached hydrogen (secondary N) is 1. The monoisotopic (exact) mass is 262 g/mol. The Hall–Kier alpha value is -2.19. The number of aromatic nitrogens is 1. The Morgan fingerprint density at radius 3 is 2.55 bits per heavy atom. The molecule has 0 saturated carbocycles. The molecule has 0 fully saturated rings. The highest BCUT2D eigenvalue weighted by atomic mass is 14.9. The van der Waals surface area contributed by atoms with Crippen LogP contribution in [0.15, 0.2) is 67.0 Å². The molecule has 0 saturated heterocycles. The van der Waals surface area contributed by atoms with Crippen molar-refractivity contribution in [1.82, 2.24) is 10.3 Å². The van der Waals surface area contributed by atoms with Gasteiger partial charge in [-0.15, -0.1) is 0 Å². The Bertz CT molecular complexity index is 687. The Morgan fingerprint density at radius 1 is 0.950 bits per heavy atom. The Morgan fingerprint density at radius 2 is 1.70 bits per heavy atom. The summed E-state index contributed by atoms with van der Waals surface area (Å²) in [6.45, 7) is 3.05. The van der Waals surface area contributed by atoms with E-state index in [4.69, 9.17) is 0 Å². The maximum atomic E-state index is 4.06. The largest absolute Gasteiger partial charge is 0.306 e. The van der Waals surface area contributed by atoms with Gasteiger partial charge in [0.25, 0.3) is 0 Å².